The number of hydrogen-bond acceptors (Lipinski definition) is 4. The highest BCUT2D eigenvalue weighted by atomic mass is 32.2. The van der Waals surface area contributed by atoms with Crippen molar-refractivity contribution < 1.29 is 18.0 Å². The van der Waals surface area contributed by atoms with Crippen LogP contribution in [0.5, 0.6) is 0 Å². The van der Waals surface area contributed by atoms with Crippen molar-refractivity contribution in [3.8, 4) is 0 Å². The maximum atomic E-state index is 12.4. The van der Waals surface area contributed by atoms with E-state index >= 15 is 0 Å². The van der Waals surface area contributed by atoms with Crippen LogP contribution in [0.15, 0.2) is 18.2 Å². The minimum Gasteiger partial charge on any atom is -0.358 e. The van der Waals surface area contributed by atoms with Crippen LogP contribution in [0.4, 0.5) is 0 Å². The van der Waals surface area contributed by atoms with Crippen LogP contribution in [0.2, 0.25) is 0 Å². The summed E-state index contributed by atoms with van der Waals surface area (Å²) in [5, 5.41) is 1.06. The van der Waals surface area contributed by atoms with Crippen LogP contribution in [0.3, 0.4) is 0 Å². The molecule has 3 N–H and O–H groups in total. The maximum Gasteiger partial charge on any atom is 0.269 e. The van der Waals surface area contributed by atoms with Gasteiger partial charge in [-0.15, -0.1) is 0 Å². The van der Waals surface area contributed by atoms with Crippen molar-refractivity contribution >= 4 is 32.6 Å². The Bertz CT molecular complexity index is 993. The largest absolute Gasteiger partial charge is 0.358 e. The minimum atomic E-state index is -3.13. The fourth-order valence-corrected chi connectivity index (χ4v) is 5.58. The molecule has 1 saturated heterocycles. The lowest BCUT2D eigenvalue weighted by atomic mass is 9.95. The Morgan fingerprint density at radius 3 is 2.69 bits per heavy atom. The molecule has 2 amide bonds. The van der Waals surface area contributed by atoms with Crippen molar-refractivity contribution in [2.75, 3.05) is 11.5 Å². The number of aromatic amines is 1. The van der Waals surface area contributed by atoms with Gasteiger partial charge in [0, 0.05) is 22.2 Å². The molecule has 0 spiro atoms. The van der Waals surface area contributed by atoms with Crippen LogP contribution < -0.4 is 10.9 Å². The molecule has 0 bridgehead atoms. The van der Waals surface area contributed by atoms with Crippen LogP contribution in [-0.2, 0) is 27.5 Å². The zero-order valence-electron chi connectivity index (χ0n) is 14.3. The van der Waals surface area contributed by atoms with Crippen LogP contribution in [-0.4, -0.2) is 36.7 Å². The van der Waals surface area contributed by atoms with E-state index in [1.165, 1.54) is 17.7 Å². The molecule has 0 unspecified atom stereocenters. The van der Waals surface area contributed by atoms with Crippen molar-refractivity contribution in [3.63, 3.8) is 0 Å². The number of hydrazine groups is 1. The summed E-state index contributed by atoms with van der Waals surface area (Å²) in [6.07, 6.45) is 4.66. The Morgan fingerprint density at radius 2 is 1.92 bits per heavy atom. The topological polar surface area (TPSA) is 108 Å². The first-order valence-corrected chi connectivity index (χ1v) is 10.7. The van der Waals surface area contributed by atoms with Crippen molar-refractivity contribution in [1.29, 1.82) is 0 Å². The lowest BCUT2D eigenvalue weighted by Gasteiger charge is -2.12. The first kappa shape index (κ1) is 17.1. The highest BCUT2D eigenvalue weighted by Crippen LogP contribution is 2.29. The monoisotopic (exact) mass is 375 g/mol. The zero-order valence-corrected chi connectivity index (χ0v) is 15.1. The van der Waals surface area contributed by atoms with E-state index in [0.717, 1.165) is 30.2 Å². The molecular formula is C18H21N3O4S. The van der Waals surface area contributed by atoms with Gasteiger partial charge in [-0.3, -0.25) is 20.4 Å². The van der Waals surface area contributed by atoms with Crippen LogP contribution in [0.25, 0.3) is 10.9 Å². The lowest BCUT2D eigenvalue weighted by molar-refractivity contribution is -0.125. The van der Waals surface area contributed by atoms with Crippen molar-refractivity contribution in [3.05, 3.63) is 35.0 Å². The second kappa shape index (κ2) is 6.42. The second-order valence-electron chi connectivity index (χ2n) is 7.09. The summed E-state index contributed by atoms with van der Waals surface area (Å²) >= 11 is 0. The standard InChI is InChI=1S/C18H21N3O4S/c22-17(20-21-18(23)12-7-8-26(24,25)10-12)11-5-6-16-14(9-11)13-3-1-2-4-15(13)19-16/h5-6,9,12,19H,1-4,7-8,10H2,(H,20,22)(H,21,23)/t12-/m0/s1. The molecule has 1 atom stereocenters. The smallest absolute Gasteiger partial charge is 0.269 e. The zero-order chi connectivity index (χ0) is 18.3. The Morgan fingerprint density at radius 1 is 1.12 bits per heavy atom. The fourth-order valence-electron chi connectivity index (χ4n) is 3.84. The molecule has 26 heavy (non-hydrogen) atoms. The minimum absolute atomic E-state index is 0.0221. The number of hydrogen-bond donors (Lipinski definition) is 3. The van der Waals surface area contributed by atoms with Crippen LogP contribution in [0.1, 0.15) is 40.9 Å². The number of H-pyrrole nitrogens is 1. The van der Waals surface area contributed by atoms with Crippen LogP contribution in [0, 0.1) is 5.92 Å². The number of benzene rings is 1. The predicted octanol–water partition coefficient (Wildman–Crippen LogP) is 1.24. The molecule has 1 aromatic heterocycles. The van der Waals surface area contributed by atoms with E-state index in [-0.39, 0.29) is 11.5 Å². The van der Waals surface area contributed by atoms with Gasteiger partial charge in [-0.2, -0.15) is 0 Å². The van der Waals surface area contributed by atoms with Gasteiger partial charge in [-0.25, -0.2) is 8.42 Å². The molecule has 7 nitrogen and oxygen atoms in total. The van der Waals surface area contributed by atoms with Gasteiger partial charge in [-0.1, -0.05) is 0 Å². The van der Waals surface area contributed by atoms with Gasteiger partial charge < -0.3 is 4.98 Å². The third-order valence-electron chi connectivity index (χ3n) is 5.26. The van der Waals surface area contributed by atoms with Crippen molar-refractivity contribution in [2.24, 2.45) is 5.92 Å². The number of nitrogens with one attached hydrogen (secondary N) is 3. The van der Waals surface area contributed by atoms with Crippen molar-refractivity contribution in [2.45, 2.75) is 32.1 Å². The number of amides is 2. The summed E-state index contributed by atoms with van der Waals surface area (Å²) < 4.78 is 22.9. The molecule has 0 saturated carbocycles. The van der Waals surface area contributed by atoms with E-state index in [2.05, 4.69) is 15.8 Å². The van der Waals surface area contributed by atoms with Gasteiger partial charge in [0.25, 0.3) is 5.91 Å². The number of sulfone groups is 1. The molecule has 2 aliphatic rings. The summed E-state index contributed by atoms with van der Waals surface area (Å²) in [5.41, 5.74) is 8.76. The number of carbonyl (C=O) groups is 2. The Balaban J connectivity index is 1.45. The summed E-state index contributed by atoms with van der Waals surface area (Å²) in [7, 11) is -3.13. The first-order valence-electron chi connectivity index (χ1n) is 8.87. The van der Waals surface area contributed by atoms with E-state index < -0.39 is 27.6 Å². The van der Waals surface area contributed by atoms with Gasteiger partial charge >= 0.3 is 0 Å². The fraction of sp³-hybridized carbons (Fsp3) is 0.444. The number of aryl methyl sites for hydroxylation is 2. The van der Waals surface area contributed by atoms with E-state index in [4.69, 9.17) is 0 Å². The Hall–Kier alpha value is -2.35. The Kier molecular flexibility index (Phi) is 4.22. The molecule has 1 fully saturated rings. The number of rotatable bonds is 2. The predicted molar refractivity (Wildman–Crippen MR) is 97.3 cm³/mol. The van der Waals surface area contributed by atoms with Crippen LogP contribution >= 0.6 is 0 Å². The number of fused-ring (bicyclic) bond motifs is 3. The summed E-state index contributed by atoms with van der Waals surface area (Å²) in [5.74, 6) is -1.60. The van der Waals surface area contributed by atoms with E-state index in [1.807, 2.05) is 12.1 Å². The lowest BCUT2D eigenvalue weighted by Crippen LogP contribution is -2.44. The van der Waals surface area contributed by atoms with Gasteiger partial charge in [0.05, 0.1) is 17.4 Å². The molecule has 4 rings (SSSR count). The summed E-state index contributed by atoms with van der Waals surface area (Å²) in [4.78, 5) is 27.8. The maximum absolute atomic E-state index is 12.4. The molecule has 1 aliphatic carbocycles. The molecule has 1 aromatic carbocycles. The van der Waals surface area contributed by atoms with Gasteiger partial charge in [0.15, 0.2) is 9.84 Å². The van der Waals surface area contributed by atoms with Gasteiger partial charge in [0.2, 0.25) is 5.91 Å². The van der Waals surface area contributed by atoms with E-state index in [1.54, 1.807) is 6.07 Å². The number of aromatic nitrogens is 1. The number of carbonyl (C=O) groups excluding carboxylic acids is 2. The third-order valence-corrected chi connectivity index (χ3v) is 7.03. The molecule has 0 radical (unpaired) electrons. The van der Waals surface area contributed by atoms with E-state index in [9.17, 15) is 18.0 Å². The summed E-state index contributed by atoms with van der Waals surface area (Å²) in [6.45, 7) is 0. The molecule has 138 valence electrons. The van der Waals surface area contributed by atoms with E-state index in [0.29, 0.717) is 12.0 Å². The molecule has 2 heterocycles. The Labute approximate surface area is 151 Å². The molecule has 2 aromatic rings. The highest BCUT2D eigenvalue weighted by Gasteiger charge is 2.33. The molecule has 1 aliphatic heterocycles. The van der Waals surface area contributed by atoms with Gasteiger partial charge in [-0.05, 0) is 55.9 Å². The summed E-state index contributed by atoms with van der Waals surface area (Å²) in [6, 6.07) is 5.44. The second-order valence-corrected chi connectivity index (χ2v) is 9.32. The quantitative estimate of drug-likeness (QED) is 0.686. The molecular weight excluding hydrogens is 354 g/mol. The average molecular weight is 375 g/mol. The first-order chi connectivity index (χ1) is 12.4. The normalized spacial score (nSPS) is 21.3. The average Bonchev–Trinajstić information content (AvgIpc) is 3.18. The highest BCUT2D eigenvalue weighted by molar-refractivity contribution is 7.91. The third kappa shape index (κ3) is 3.21. The SMILES string of the molecule is O=C(NNC(=O)[C@H]1CCS(=O)(=O)C1)c1ccc2[nH]c3c(c2c1)CCCC3. The molecule has 8 heteroatoms. The van der Waals surface area contributed by atoms with Crippen molar-refractivity contribution in [1.82, 2.24) is 15.8 Å². The van der Waals surface area contributed by atoms with Gasteiger partial charge in [0.1, 0.15) is 0 Å².